The highest BCUT2D eigenvalue weighted by Crippen LogP contribution is 2.26. The zero-order chi connectivity index (χ0) is 18.0. The SMILES string of the molecule is CC(CNC(=O)c1n[nH]c2cc(OC(F)(F)F)ccc12)c1ncc[nH]1. The minimum Gasteiger partial charge on any atom is -0.406 e. The summed E-state index contributed by atoms with van der Waals surface area (Å²) in [5, 5.41) is 9.54. The Bertz CT molecular complexity index is 873. The van der Waals surface area contributed by atoms with Gasteiger partial charge in [0.2, 0.25) is 0 Å². The van der Waals surface area contributed by atoms with E-state index in [9.17, 15) is 18.0 Å². The summed E-state index contributed by atoms with van der Waals surface area (Å²) in [5.74, 6) is -0.117. The molecular formula is C15H14F3N5O2. The van der Waals surface area contributed by atoms with E-state index in [0.29, 0.717) is 11.9 Å². The number of benzene rings is 1. The molecule has 0 bridgehead atoms. The monoisotopic (exact) mass is 353 g/mol. The first-order chi connectivity index (χ1) is 11.8. The lowest BCUT2D eigenvalue weighted by Gasteiger charge is -2.10. The van der Waals surface area contributed by atoms with E-state index in [2.05, 4.69) is 30.2 Å². The van der Waals surface area contributed by atoms with E-state index in [-0.39, 0.29) is 22.9 Å². The Balaban J connectivity index is 1.71. The molecule has 25 heavy (non-hydrogen) atoms. The fraction of sp³-hybridized carbons (Fsp3) is 0.267. The van der Waals surface area contributed by atoms with E-state index in [0.717, 1.165) is 18.0 Å². The number of rotatable bonds is 5. The number of alkyl halides is 3. The number of nitrogens with one attached hydrogen (secondary N) is 3. The minimum absolute atomic E-state index is 0.0315. The van der Waals surface area contributed by atoms with Crippen LogP contribution < -0.4 is 10.1 Å². The summed E-state index contributed by atoms with van der Waals surface area (Å²) in [6.07, 6.45) is -1.47. The highest BCUT2D eigenvalue weighted by molar-refractivity contribution is 6.04. The molecule has 2 heterocycles. The van der Waals surface area contributed by atoms with Crippen LogP contribution in [0.5, 0.6) is 5.75 Å². The first-order valence-corrected chi connectivity index (χ1v) is 7.35. The molecule has 0 aliphatic carbocycles. The van der Waals surface area contributed by atoms with Crippen molar-refractivity contribution in [2.75, 3.05) is 6.54 Å². The van der Waals surface area contributed by atoms with Crippen molar-refractivity contribution in [1.82, 2.24) is 25.5 Å². The van der Waals surface area contributed by atoms with E-state index in [1.165, 1.54) is 6.07 Å². The van der Waals surface area contributed by atoms with Crippen LogP contribution in [0.15, 0.2) is 30.6 Å². The van der Waals surface area contributed by atoms with Gasteiger partial charge in [-0.25, -0.2) is 4.98 Å². The number of H-pyrrole nitrogens is 2. The summed E-state index contributed by atoms with van der Waals surface area (Å²) in [4.78, 5) is 19.3. The largest absolute Gasteiger partial charge is 0.573 e. The lowest BCUT2D eigenvalue weighted by molar-refractivity contribution is -0.274. The third-order valence-corrected chi connectivity index (χ3v) is 3.54. The van der Waals surface area contributed by atoms with E-state index in [1.54, 1.807) is 12.4 Å². The summed E-state index contributed by atoms with van der Waals surface area (Å²) in [6, 6.07) is 3.62. The third-order valence-electron chi connectivity index (χ3n) is 3.54. The molecule has 0 aliphatic heterocycles. The van der Waals surface area contributed by atoms with Gasteiger partial charge >= 0.3 is 6.36 Å². The Morgan fingerprint density at radius 1 is 1.40 bits per heavy atom. The van der Waals surface area contributed by atoms with Crippen LogP contribution >= 0.6 is 0 Å². The summed E-state index contributed by atoms with van der Waals surface area (Å²) in [7, 11) is 0. The molecule has 0 saturated heterocycles. The van der Waals surface area contributed by atoms with Crippen LogP contribution in [0.3, 0.4) is 0 Å². The first kappa shape index (κ1) is 16.8. The molecule has 0 aliphatic rings. The number of amides is 1. The molecule has 1 atom stereocenters. The molecule has 1 unspecified atom stereocenters. The Kier molecular flexibility index (Phi) is 4.34. The molecule has 0 fully saturated rings. The van der Waals surface area contributed by atoms with Crippen molar-refractivity contribution < 1.29 is 22.7 Å². The van der Waals surface area contributed by atoms with E-state index >= 15 is 0 Å². The molecule has 2 aromatic heterocycles. The van der Waals surface area contributed by atoms with Gasteiger partial charge in [-0.2, -0.15) is 5.10 Å². The topological polar surface area (TPSA) is 95.7 Å². The number of ether oxygens (including phenoxy) is 1. The molecule has 3 N–H and O–H groups in total. The average Bonchev–Trinajstić information content (AvgIpc) is 3.19. The van der Waals surface area contributed by atoms with Crippen LogP contribution in [0.4, 0.5) is 13.2 Å². The highest BCUT2D eigenvalue weighted by atomic mass is 19.4. The number of carbonyl (C=O) groups is 1. The predicted octanol–water partition coefficient (Wildman–Crippen LogP) is 2.72. The zero-order valence-corrected chi connectivity index (χ0v) is 13.0. The Hall–Kier alpha value is -3.04. The van der Waals surface area contributed by atoms with E-state index in [4.69, 9.17) is 0 Å². The summed E-state index contributed by atoms with van der Waals surface area (Å²) < 4.78 is 40.6. The summed E-state index contributed by atoms with van der Waals surface area (Å²) in [5.41, 5.74) is 0.367. The van der Waals surface area contributed by atoms with Crippen molar-refractivity contribution in [3.8, 4) is 5.75 Å². The summed E-state index contributed by atoms with van der Waals surface area (Å²) in [6.45, 7) is 2.22. The Labute approximate surface area is 139 Å². The second kappa shape index (κ2) is 6.46. The molecule has 132 valence electrons. The van der Waals surface area contributed by atoms with Gasteiger partial charge in [-0.15, -0.1) is 13.2 Å². The number of aromatic nitrogens is 4. The standard InChI is InChI=1S/C15H14F3N5O2/c1-8(13-19-4-5-20-13)7-21-14(24)12-10-3-2-9(25-15(16,17)18)6-11(10)22-23-12/h2-6,8H,7H2,1H3,(H,19,20)(H,21,24)(H,22,23). The maximum atomic E-state index is 12.3. The van der Waals surface area contributed by atoms with Crippen molar-refractivity contribution in [1.29, 1.82) is 0 Å². The Morgan fingerprint density at radius 3 is 2.88 bits per heavy atom. The van der Waals surface area contributed by atoms with Gasteiger partial charge in [0.1, 0.15) is 11.6 Å². The van der Waals surface area contributed by atoms with Gasteiger partial charge < -0.3 is 15.0 Å². The molecule has 0 spiro atoms. The molecule has 10 heteroatoms. The maximum absolute atomic E-state index is 12.3. The van der Waals surface area contributed by atoms with Gasteiger partial charge in [0.05, 0.1) is 5.52 Å². The number of carbonyl (C=O) groups excluding carboxylic acids is 1. The van der Waals surface area contributed by atoms with Gasteiger partial charge in [-0.05, 0) is 12.1 Å². The lowest BCUT2D eigenvalue weighted by atomic mass is 10.1. The maximum Gasteiger partial charge on any atom is 0.573 e. The molecule has 3 aromatic rings. The number of nitrogens with zero attached hydrogens (tertiary/aromatic N) is 2. The normalized spacial score (nSPS) is 13.0. The van der Waals surface area contributed by atoms with Crippen LogP contribution in [-0.4, -0.2) is 39.0 Å². The van der Waals surface area contributed by atoms with Crippen molar-refractivity contribution in [3.05, 3.63) is 42.1 Å². The van der Waals surface area contributed by atoms with Gasteiger partial charge in [0, 0.05) is 36.3 Å². The van der Waals surface area contributed by atoms with Crippen molar-refractivity contribution in [3.63, 3.8) is 0 Å². The van der Waals surface area contributed by atoms with Crippen LogP contribution in [0.2, 0.25) is 0 Å². The number of imidazole rings is 1. The molecule has 1 amide bonds. The number of hydrogen-bond acceptors (Lipinski definition) is 4. The smallest absolute Gasteiger partial charge is 0.406 e. The molecule has 0 radical (unpaired) electrons. The molecule has 1 aromatic carbocycles. The van der Waals surface area contributed by atoms with Gasteiger partial charge in [-0.3, -0.25) is 9.89 Å². The average molecular weight is 353 g/mol. The van der Waals surface area contributed by atoms with E-state index in [1.807, 2.05) is 6.92 Å². The number of fused-ring (bicyclic) bond motifs is 1. The van der Waals surface area contributed by atoms with Gasteiger partial charge in [0.25, 0.3) is 5.91 Å². The Morgan fingerprint density at radius 2 is 2.20 bits per heavy atom. The van der Waals surface area contributed by atoms with Crippen molar-refractivity contribution in [2.45, 2.75) is 19.2 Å². The van der Waals surface area contributed by atoms with Crippen LogP contribution in [0.25, 0.3) is 10.9 Å². The van der Waals surface area contributed by atoms with Crippen LogP contribution in [-0.2, 0) is 0 Å². The first-order valence-electron chi connectivity index (χ1n) is 7.35. The number of halogens is 3. The minimum atomic E-state index is -4.78. The fourth-order valence-corrected chi connectivity index (χ4v) is 2.34. The van der Waals surface area contributed by atoms with E-state index < -0.39 is 12.3 Å². The zero-order valence-electron chi connectivity index (χ0n) is 13.0. The van der Waals surface area contributed by atoms with Crippen LogP contribution in [0, 0.1) is 0 Å². The number of aromatic amines is 2. The third kappa shape index (κ3) is 3.90. The second-order valence-corrected chi connectivity index (χ2v) is 5.41. The van der Waals surface area contributed by atoms with Crippen LogP contribution in [0.1, 0.15) is 29.2 Å². The molecular weight excluding hydrogens is 339 g/mol. The fourth-order valence-electron chi connectivity index (χ4n) is 2.34. The number of hydrogen-bond donors (Lipinski definition) is 3. The van der Waals surface area contributed by atoms with Gasteiger partial charge in [-0.1, -0.05) is 6.92 Å². The highest BCUT2D eigenvalue weighted by Gasteiger charge is 2.31. The van der Waals surface area contributed by atoms with Crippen molar-refractivity contribution >= 4 is 16.8 Å². The second-order valence-electron chi connectivity index (χ2n) is 5.41. The predicted molar refractivity (Wildman–Crippen MR) is 82.1 cm³/mol. The molecule has 3 rings (SSSR count). The molecule has 7 nitrogen and oxygen atoms in total. The van der Waals surface area contributed by atoms with Gasteiger partial charge in [0.15, 0.2) is 5.69 Å². The van der Waals surface area contributed by atoms with Crippen molar-refractivity contribution in [2.24, 2.45) is 0 Å². The quantitative estimate of drug-likeness (QED) is 0.657. The summed E-state index contributed by atoms with van der Waals surface area (Å²) >= 11 is 0. The molecule has 0 saturated carbocycles. The lowest BCUT2D eigenvalue weighted by Crippen LogP contribution is -2.28.